The summed E-state index contributed by atoms with van der Waals surface area (Å²) in [4.78, 5) is 13.9. The molecule has 0 atom stereocenters. The molecule has 26 heavy (non-hydrogen) atoms. The van der Waals surface area contributed by atoms with E-state index in [-0.39, 0.29) is 5.63 Å². The van der Waals surface area contributed by atoms with Gasteiger partial charge in [-0.1, -0.05) is 34.5 Å². The lowest BCUT2D eigenvalue weighted by Crippen LogP contribution is -2.32. The zero-order valence-corrected chi connectivity index (χ0v) is 16.8. The molecule has 0 saturated carbocycles. The van der Waals surface area contributed by atoms with Crippen molar-refractivity contribution in [1.82, 2.24) is 0 Å². The van der Waals surface area contributed by atoms with Gasteiger partial charge in [0.25, 0.3) is 0 Å². The van der Waals surface area contributed by atoms with Crippen molar-refractivity contribution < 1.29 is 9.15 Å². The molecule has 1 aliphatic heterocycles. The summed E-state index contributed by atoms with van der Waals surface area (Å²) in [5.41, 5.74) is 4.13. The van der Waals surface area contributed by atoms with Crippen LogP contribution in [0, 0.1) is 6.92 Å². The van der Waals surface area contributed by atoms with Gasteiger partial charge in [-0.05, 0) is 43.2 Å². The molecule has 6 heteroatoms. The van der Waals surface area contributed by atoms with Gasteiger partial charge in [0, 0.05) is 33.6 Å². The summed E-state index contributed by atoms with van der Waals surface area (Å²) in [6.45, 7) is 5.04. The van der Waals surface area contributed by atoms with Crippen LogP contribution in [0.5, 0.6) is 5.75 Å². The highest BCUT2D eigenvalue weighted by Crippen LogP contribution is 2.38. The second kappa shape index (κ2) is 6.63. The molecule has 0 spiro atoms. The summed E-state index contributed by atoms with van der Waals surface area (Å²) in [5.74, 6) is 0.790. The zero-order chi connectivity index (χ0) is 18.4. The van der Waals surface area contributed by atoms with Gasteiger partial charge >= 0.3 is 5.63 Å². The van der Waals surface area contributed by atoms with E-state index >= 15 is 0 Å². The van der Waals surface area contributed by atoms with Gasteiger partial charge < -0.3 is 14.1 Å². The monoisotopic (exact) mass is 433 g/mol. The van der Waals surface area contributed by atoms with E-state index < -0.39 is 0 Å². The minimum atomic E-state index is -0.323. The smallest absolute Gasteiger partial charge is 0.336 e. The maximum atomic E-state index is 11.9. The number of benzene rings is 2. The Balaban J connectivity index is 1.83. The number of halogens is 2. The molecular weight excluding hydrogens is 418 g/mol. The highest BCUT2D eigenvalue weighted by atomic mass is 79.9. The number of hydrogen-bond donors (Lipinski definition) is 0. The highest BCUT2D eigenvalue weighted by Gasteiger charge is 2.24. The van der Waals surface area contributed by atoms with Gasteiger partial charge in [0.15, 0.2) is 6.73 Å². The van der Waals surface area contributed by atoms with E-state index in [4.69, 9.17) is 20.8 Å². The first-order chi connectivity index (χ1) is 12.5. The standard InChI is InChI=1S/C20H17BrClNO3/c1-3-12-7-18(24)26-20-11(2)19-13(6-15(12)20)9-23(10-25-19)17-5-4-14(21)8-16(17)22/h4-8H,3,9-10H2,1-2H3. The molecule has 0 radical (unpaired) electrons. The first-order valence-electron chi connectivity index (χ1n) is 8.40. The number of rotatable bonds is 2. The predicted molar refractivity (Wildman–Crippen MR) is 107 cm³/mol. The van der Waals surface area contributed by atoms with E-state index in [2.05, 4.69) is 26.9 Å². The fourth-order valence-electron chi connectivity index (χ4n) is 3.47. The third-order valence-electron chi connectivity index (χ3n) is 4.73. The second-order valence-electron chi connectivity index (χ2n) is 6.38. The number of nitrogens with zero attached hydrogens (tertiary/aromatic N) is 1. The number of hydrogen-bond acceptors (Lipinski definition) is 4. The van der Waals surface area contributed by atoms with Gasteiger partial charge in [0.2, 0.25) is 0 Å². The Labute approximate surface area is 164 Å². The Morgan fingerprint density at radius 1 is 1.27 bits per heavy atom. The maximum Gasteiger partial charge on any atom is 0.336 e. The van der Waals surface area contributed by atoms with Gasteiger partial charge in [-0.25, -0.2) is 4.79 Å². The SMILES string of the molecule is CCc1cc(=O)oc2c(C)c3c(cc12)CN(c1ccc(Br)cc1Cl)CO3. The van der Waals surface area contributed by atoms with Crippen LogP contribution in [0.3, 0.4) is 0 Å². The summed E-state index contributed by atoms with van der Waals surface area (Å²) in [5, 5.41) is 1.64. The largest absolute Gasteiger partial charge is 0.472 e. The van der Waals surface area contributed by atoms with Crippen molar-refractivity contribution in [1.29, 1.82) is 0 Å². The van der Waals surface area contributed by atoms with E-state index in [1.807, 2.05) is 32.0 Å². The molecule has 3 aromatic rings. The van der Waals surface area contributed by atoms with Crippen LogP contribution in [0.2, 0.25) is 5.02 Å². The normalized spacial score (nSPS) is 13.6. The third kappa shape index (κ3) is 2.89. The third-order valence-corrected chi connectivity index (χ3v) is 5.53. The fraction of sp³-hybridized carbons (Fsp3) is 0.250. The van der Waals surface area contributed by atoms with Gasteiger partial charge in [0.05, 0.1) is 10.7 Å². The quantitative estimate of drug-likeness (QED) is 0.504. The van der Waals surface area contributed by atoms with Gasteiger partial charge in [0.1, 0.15) is 11.3 Å². The van der Waals surface area contributed by atoms with E-state index in [9.17, 15) is 4.79 Å². The molecule has 0 saturated heterocycles. The van der Waals surface area contributed by atoms with Crippen molar-refractivity contribution >= 4 is 44.2 Å². The van der Waals surface area contributed by atoms with Crippen molar-refractivity contribution in [3.8, 4) is 5.75 Å². The lowest BCUT2D eigenvalue weighted by atomic mass is 9.99. The van der Waals surface area contributed by atoms with Gasteiger partial charge in [-0.3, -0.25) is 0 Å². The van der Waals surface area contributed by atoms with Crippen LogP contribution in [0.15, 0.2) is 44.0 Å². The van der Waals surface area contributed by atoms with E-state index in [1.54, 1.807) is 6.07 Å². The summed E-state index contributed by atoms with van der Waals surface area (Å²) < 4.78 is 12.4. The van der Waals surface area contributed by atoms with Crippen molar-refractivity contribution in [2.24, 2.45) is 0 Å². The molecule has 0 unspecified atom stereocenters. The van der Waals surface area contributed by atoms with Crippen molar-refractivity contribution in [2.45, 2.75) is 26.8 Å². The molecule has 0 fully saturated rings. The number of aryl methyl sites for hydroxylation is 2. The average molecular weight is 435 g/mol. The van der Waals surface area contributed by atoms with Crippen LogP contribution in [0.1, 0.15) is 23.6 Å². The van der Waals surface area contributed by atoms with Gasteiger partial charge in [-0.2, -0.15) is 0 Å². The van der Waals surface area contributed by atoms with Crippen molar-refractivity contribution in [2.75, 3.05) is 11.6 Å². The molecule has 134 valence electrons. The zero-order valence-electron chi connectivity index (χ0n) is 14.4. The Morgan fingerprint density at radius 2 is 2.08 bits per heavy atom. The molecule has 1 aliphatic rings. The van der Waals surface area contributed by atoms with E-state index in [0.717, 1.165) is 44.4 Å². The van der Waals surface area contributed by atoms with E-state index in [1.165, 1.54) is 0 Å². The maximum absolute atomic E-state index is 11.9. The lowest BCUT2D eigenvalue weighted by molar-refractivity contribution is 0.287. The van der Waals surface area contributed by atoms with Crippen LogP contribution >= 0.6 is 27.5 Å². The van der Waals surface area contributed by atoms with Crippen LogP contribution in [-0.4, -0.2) is 6.73 Å². The Hall–Kier alpha value is -1.98. The fourth-order valence-corrected chi connectivity index (χ4v) is 4.26. The Kier molecular flexibility index (Phi) is 4.45. The van der Waals surface area contributed by atoms with Crippen LogP contribution in [-0.2, 0) is 13.0 Å². The molecule has 4 rings (SSSR count). The first kappa shape index (κ1) is 17.4. The Morgan fingerprint density at radius 3 is 2.81 bits per heavy atom. The van der Waals surface area contributed by atoms with Crippen molar-refractivity contribution in [3.05, 3.63) is 66.9 Å². The highest BCUT2D eigenvalue weighted by molar-refractivity contribution is 9.10. The molecule has 1 aromatic heterocycles. The first-order valence-corrected chi connectivity index (χ1v) is 9.57. The molecule has 0 amide bonds. The lowest BCUT2D eigenvalue weighted by Gasteiger charge is -2.32. The second-order valence-corrected chi connectivity index (χ2v) is 7.70. The van der Waals surface area contributed by atoms with Gasteiger partial charge in [-0.15, -0.1) is 0 Å². The van der Waals surface area contributed by atoms with Crippen LogP contribution < -0.4 is 15.3 Å². The molecule has 0 aliphatic carbocycles. The Bertz CT molecular complexity index is 1080. The predicted octanol–water partition coefficient (Wildman–Crippen LogP) is 5.44. The molecule has 4 nitrogen and oxygen atoms in total. The minimum Gasteiger partial charge on any atom is -0.472 e. The number of anilines is 1. The summed E-state index contributed by atoms with van der Waals surface area (Å²) in [7, 11) is 0. The van der Waals surface area contributed by atoms with E-state index in [0.29, 0.717) is 23.9 Å². The molecule has 0 bridgehead atoms. The summed E-state index contributed by atoms with van der Waals surface area (Å²) in [6, 6.07) is 9.46. The topological polar surface area (TPSA) is 42.7 Å². The van der Waals surface area contributed by atoms with Crippen LogP contribution in [0.25, 0.3) is 11.0 Å². The number of fused-ring (bicyclic) bond motifs is 2. The molecule has 2 aromatic carbocycles. The minimum absolute atomic E-state index is 0.323. The average Bonchev–Trinajstić information content (AvgIpc) is 2.61. The van der Waals surface area contributed by atoms with Crippen LogP contribution in [0.4, 0.5) is 5.69 Å². The summed E-state index contributed by atoms with van der Waals surface area (Å²) in [6.07, 6.45) is 0.767. The van der Waals surface area contributed by atoms with Crippen molar-refractivity contribution in [3.63, 3.8) is 0 Å². The number of ether oxygens (including phenoxy) is 1. The summed E-state index contributed by atoms with van der Waals surface area (Å²) >= 11 is 9.84. The molecule has 2 heterocycles. The molecule has 0 N–H and O–H groups in total. The molecular formula is C20H17BrClNO3.